The van der Waals surface area contributed by atoms with Crippen molar-refractivity contribution in [1.29, 1.82) is 5.26 Å². The van der Waals surface area contributed by atoms with E-state index in [1.165, 1.54) is 16.3 Å². The van der Waals surface area contributed by atoms with Gasteiger partial charge in [-0.2, -0.15) is 15.0 Å². The van der Waals surface area contributed by atoms with Crippen LogP contribution in [0, 0.1) is 47.8 Å². The molecule has 0 aromatic carbocycles. The Morgan fingerprint density at radius 3 is 2.81 bits per heavy atom. The third-order valence-electron chi connectivity index (χ3n) is 4.59. The molecule has 26 heavy (non-hydrogen) atoms. The number of hydrogen-bond acceptors (Lipinski definition) is 6. The molecule has 1 fully saturated rings. The molecule has 1 heterocycles. The molecule has 0 radical (unpaired) electrons. The summed E-state index contributed by atoms with van der Waals surface area (Å²) in [6.07, 6.45) is 7.08. The first-order valence-electron chi connectivity index (χ1n) is 8.27. The van der Waals surface area contributed by atoms with Gasteiger partial charge in [-0.3, -0.25) is 9.36 Å². The average Bonchev–Trinajstić information content (AvgIpc) is 3.03. The van der Waals surface area contributed by atoms with Crippen LogP contribution in [-0.4, -0.2) is 26.1 Å². The van der Waals surface area contributed by atoms with Gasteiger partial charge in [-0.1, -0.05) is 32.8 Å². The molecule has 7 nitrogen and oxygen atoms in total. The van der Waals surface area contributed by atoms with Gasteiger partial charge in [0.05, 0.1) is 17.4 Å². The molecule has 0 N–H and O–H groups in total. The number of allylic oxidation sites excluding steroid dienone is 2. The Morgan fingerprint density at radius 2 is 2.23 bits per heavy atom. The number of nitriles is 1. The number of terminal acetylenes is 1. The van der Waals surface area contributed by atoms with Crippen LogP contribution in [0.15, 0.2) is 15.8 Å². The Balaban J connectivity index is 2.05. The molecule has 1 aromatic rings. The first kappa shape index (κ1) is 19.9. The molecule has 1 saturated carbocycles. The van der Waals surface area contributed by atoms with E-state index in [4.69, 9.17) is 16.4 Å². The minimum Gasteiger partial charge on any atom is -0.442 e. The van der Waals surface area contributed by atoms with Crippen LogP contribution in [0.1, 0.15) is 26.6 Å². The molecular formula is C18H22N4O3S. The molecule has 0 aliphatic heterocycles. The van der Waals surface area contributed by atoms with Gasteiger partial charge in [0.2, 0.25) is 0 Å². The summed E-state index contributed by atoms with van der Waals surface area (Å²) in [4.78, 5) is 25.2. The summed E-state index contributed by atoms with van der Waals surface area (Å²) in [5, 5.41) is 13.2. The molecule has 0 spiro atoms. The minimum absolute atomic E-state index is 0.0545. The van der Waals surface area contributed by atoms with E-state index in [0.29, 0.717) is 10.7 Å². The number of ether oxygens (including phenoxy) is 1. The summed E-state index contributed by atoms with van der Waals surface area (Å²) in [6.45, 7) is 7.42. The smallest absolute Gasteiger partial charge is 0.349 e. The molecule has 1 aliphatic carbocycles. The van der Waals surface area contributed by atoms with Gasteiger partial charge in [-0.15, -0.1) is 18.2 Å². The summed E-state index contributed by atoms with van der Waals surface area (Å²) in [5.41, 5.74) is -0.692. The predicted molar refractivity (Wildman–Crippen MR) is 98.7 cm³/mol. The van der Waals surface area contributed by atoms with Crippen molar-refractivity contribution in [3.8, 4) is 18.4 Å². The maximum absolute atomic E-state index is 12.4. The van der Waals surface area contributed by atoms with Crippen LogP contribution in [0.4, 0.5) is 0 Å². The van der Waals surface area contributed by atoms with Crippen molar-refractivity contribution < 1.29 is 9.53 Å². The number of aromatic nitrogens is 3. The van der Waals surface area contributed by atoms with Gasteiger partial charge in [0, 0.05) is 0 Å². The van der Waals surface area contributed by atoms with Crippen LogP contribution in [0.25, 0.3) is 0 Å². The zero-order valence-electron chi connectivity index (χ0n) is 15.4. The molecule has 2 rings (SSSR count). The molecule has 2 atom stereocenters. The SMILES string of the molecule is C#CCn1c(C)nn(COC(=O)[C@@H]2[C@@H](C=C(C#N)SCC)C2(C)C)c1=O. The maximum Gasteiger partial charge on any atom is 0.349 e. The van der Waals surface area contributed by atoms with Gasteiger partial charge in [0.15, 0.2) is 6.73 Å². The second-order valence-electron chi connectivity index (χ2n) is 6.61. The predicted octanol–water partition coefficient (Wildman–Crippen LogP) is 1.92. The molecule has 0 amide bonds. The van der Waals surface area contributed by atoms with Gasteiger partial charge >= 0.3 is 11.7 Å². The number of thioether (sulfide) groups is 1. The van der Waals surface area contributed by atoms with Crippen LogP contribution in [0.2, 0.25) is 0 Å². The Bertz CT molecular complexity index is 866. The third kappa shape index (κ3) is 3.86. The first-order valence-corrected chi connectivity index (χ1v) is 9.25. The largest absolute Gasteiger partial charge is 0.442 e. The van der Waals surface area contributed by atoms with E-state index in [1.807, 2.05) is 26.8 Å². The molecule has 0 saturated heterocycles. The van der Waals surface area contributed by atoms with E-state index >= 15 is 0 Å². The maximum atomic E-state index is 12.4. The van der Waals surface area contributed by atoms with Crippen molar-refractivity contribution in [3.05, 3.63) is 27.3 Å². The lowest BCUT2D eigenvalue weighted by atomic mass is 10.1. The van der Waals surface area contributed by atoms with Crippen molar-refractivity contribution in [1.82, 2.24) is 14.3 Å². The van der Waals surface area contributed by atoms with E-state index in [2.05, 4.69) is 17.1 Å². The van der Waals surface area contributed by atoms with Gasteiger partial charge in [-0.05, 0) is 24.0 Å². The van der Waals surface area contributed by atoms with Gasteiger partial charge in [0.1, 0.15) is 11.9 Å². The zero-order chi connectivity index (χ0) is 19.5. The van der Waals surface area contributed by atoms with Gasteiger partial charge in [-0.25, -0.2) is 4.79 Å². The summed E-state index contributed by atoms with van der Waals surface area (Å²) in [5.74, 6) is 2.86. The van der Waals surface area contributed by atoms with Crippen LogP contribution >= 0.6 is 11.8 Å². The summed E-state index contributed by atoms with van der Waals surface area (Å²) >= 11 is 1.45. The standard InChI is InChI=1S/C18H22N4O3S/c1-6-8-21-12(3)20-22(17(21)24)11-25-16(23)15-14(18(15,4)5)9-13(10-19)26-7-2/h1,9,14-15H,7-8,11H2,2-5H3/t14-,15+/m1/s1. The fourth-order valence-corrected chi connectivity index (χ4v) is 3.61. The highest BCUT2D eigenvalue weighted by Crippen LogP contribution is 2.60. The van der Waals surface area contributed by atoms with E-state index < -0.39 is 11.7 Å². The lowest BCUT2D eigenvalue weighted by Gasteiger charge is -2.04. The number of hydrogen-bond donors (Lipinski definition) is 0. The third-order valence-corrected chi connectivity index (χ3v) is 5.42. The summed E-state index contributed by atoms with van der Waals surface area (Å²) < 4.78 is 7.71. The second-order valence-corrected chi connectivity index (χ2v) is 7.92. The molecule has 0 unspecified atom stereocenters. The molecular weight excluding hydrogens is 352 g/mol. The first-order chi connectivity index (χ1) is 12.3. The van der Waals surface area contributed by atoms with Crippen molar-refractivity contribution in [2.24, 2.45) is 17.3 Å². The number of rotatable bonds is 7. The van der Waals surface area contributed by atoms with Crippen molar-refractivity contribution in [2.75, 3.05) is 5.75 Å². The second kappa shape index (κ2) is 7.84. The Morgan fingerprint density at radius 1 is 1.54 bits per heavy atom. The van der Waals surface area contributed by atoms with Crippen LogP contribution in [-0.2, 0) is 22.8 Å². The normalized spacial score (nSPS) is 20.9. The quantitative estimate of drug-likeness (QED) is 0.411. The van der Waals surface area contributed by atoms with Crippen molar-refractivity contribution in [3.63, 3.8) is 0 Å². The van der Waals surface area contributed by atoms with E-state index in [0.717, 1.165) is 10.4 Å². The highest BCUT2D eigenvalue weighted by molar-refractivity contribution is 8.03. The average molecular weight is 374 g/mol. The van der Waals surface area contributed by atoms with E-state index in [1.54, 1.807) is 6.92 Å². The van der Waals surface area contributed by atoms with Crippen molar-refractivity contribution >= 4 is 17.7 Å². The molecule has 8 heteroatoms. The number of carbonyl (C=O) groups excluding carboxylic acids is 1. The Hall–Kier alpha value is -2.45. The number of esters is 1. The molecule has 138 valence electrons. The lowest BCUT2D eigenvalue weighted by Crippen LogP contribution is -2.27. The highest BCUT2D eigenvalue weighted by Gasteiger charge is 2.61. The number of carbonyl (C=O) groups is 1. The van der Waals surface area contributed by atoms with Crippen LogP contribution in [0.3, 0.4) is 0 Å². The number of aryl methyl sites for hydroxylation is 1. The van der Waals surface area contributed by atoms with Crippen LogP contribution in [0.5, 0.6) is 0 Å². The Labute approximate surface area is 157 Å². The van der Waals surface area contributed by atoms with Gasteiger partial charge < -0.3 is 4.74 Å². The lowest BCUT2D eigenvalue weighted by molar-refractivity contribution is -0.150. The highest BCUT2D eigenvalue weighted by atomic mass is 32.2. The Kier molecular flexibility index (Phi) is 5.99. The van der Waals surface area contributed by atoms with E-state index in [-0.39, 0.29) is 30.5 Å². The van der Waals surface area contributed by atoms with Crippen molar-refractivity contribution in [2.45, 2.75) is 41.0 Å². The minimum atomic E-state index is -0.411. The summed E-state index contributed by atoms with van der Waals surface area (Å²) in [7, 11) is 0. The van der Waals surface area contributed by atoms with Crippen LogP contribution < -0.4 is 5.69 Å². The fraction of sp³-hybridized carbons (Fsp3) is 0.556. The topological polar surface area (TPSA) is 89.9 Å². The monoisotopic (exact) mass is 374 g/mol. The molecule has 1 aromatic heterocycles. The van der Waals surface area contributed by atoms with E-state index in [9.17, 15) is 9.59 Å². The summed E-state index contributed by atoms with van der Waals surface area (Å²) in [6, 6.07) is 2.16. The zero-order valence-corrected chi connectivity index (χ0v) is 16.2. The van der Waals surface area contributed by atoms with Gasteiger partial charge in [0.25, 0.3) is 0 Å². The number of nitrogens with zero attached hydrogens (tertiary/aromatic N) is 4. The molecule has 0 bridgehead atoms. The molecule has 1 aliphatic rings. The fourth-order valence-electron chi connectivity index (χ4n) is 3.00.